The van der Waals surface area contributed by atoms with Crippen LogP contribution in [0, 0.1) is 0 Å². The molecule has 1 aliphatic carbocycles. The highest BCUT2D eigenvalue weighted by Gasteiger charge is 2.39. The van der Waals surface area contributed by atoms with Crippen molar-refractivity contribution in [2.75, 3.05) is 6.54 Å². The molecule has 1 amide bonds. The summed E-state index contributed by atoms with van der Waals surface area (Å²) in [4.78, 5) is 26.8. The molecule has 3 rings (SSSR count). The van der Waals surface area contributed by atoms with Crippen LogP contribution in [0.5, 0.6) is 0 Å². The van der Waals surface area contributed by atoms with Gasteiger partial charge >= 0.3 is 5.97 Å². The lowest BCUT2D eigenvalue weighted by atomic mass is 9.99. The maximum Gasteiger partial charge on any atom is 0.326 e. The predicted molar refractivity (Wildman–Crippen MR) is 74.0 cm³/mol. The van der Waals surface area contributed by atoms with Gasteiger partial charge in [-0.1, -0.05) is 0 Å². The standard InChI is InChI=1S/C14H17NO4S/c16-9-6-10(14(18)19)15(7-9)13(17)12-5-8-3-1-2-4-11(8)20-12/h5,9-10,16H,1-4,6-7H2,(H,18,19)/t9-,10-/m0/s1. The van der Waals surface area contributed by atoms with Gasteiger partial charge in [-0.05, 0) is 37.3 Å². The highest BCUT2D eigenvalue weighted by molar-refractivity contribution is 7.14. The predicted octanol–water partition coefficient (Wildman–Crippen LogP) is 1.29. The first kappa shape index (κ1) is 13.6. The van der Waals surface area contributed by atoms with E-state index < -0.39 is 18.1 Å². The van der Waals surface area contributed by atoms with Gasteiger partial charge in [0.15, 0.2) is 0 Å². The molecule has 0 saturated carbocycles. The summed E-state index contributed by atoms with van der Waals surface area (Å²) in [5.41, 5.74) is 1.23. The Kier molecular flexibility index (Phi) is 3.52. The van der Waals surface area contributed by atoms with Crippen molar-refractivity contribution in [1.82, 2.24) is 4.90 Å². The van der Waals surface area contributed by atoms with E-state index in [4.69, 9.17) is 5.11 Å². The third-order valence-corrected chi connectivity index (χ3v) is 5.26. The molecule has 1 fully saturated rings. The van der Waals surface area contributed by atoms with Crippen molar-refractivity contribution in [1.29, 1.82) is 0 Å². The largest absolute Gasteiger partial charge is 0.480 e. The summed E-state index contributed by atoms with van der Waals surface area (Å²) >= 11 is 1.48. The number of carboxylic acids is 1. The van der Waals surface area contributed by atoms with Gasteiger partial charge in [-0.2, -0.15) is 0 Å². The van der Waals surface area contributed by atoms with E-state index in [1.165, 1.54) is 26.7 Å². The molecule has 0 spiro atoms. The quantitative estimate of drug-likeness (QED) is 0.862. The molecule has 5 nitrogen and oxygen atoms in total. The first-order chi connectivity index (χ1) is 9.56. The molecule has 2 aliphatic rings. The van der Waals surface area contributed by atoms with E-state index in [9.17, 15) is 14.7 Å². The average Bonchev–Trinajstić information content (AvgIpc) is 3.01. The van der Waals surface area contributed by atoms with Crippen molar-refractivity contribution in [2.45, 2.75) is 44.2 Å². The van der Waals surface area contributed by atoms with Gasteiger partial charge in [-0.25, -0.2) is 4.79 Å². The zero-order valence-electron chi connectivity index (χ0n) is 11.0. The summed E-state index contributed by atoms with van der Waals surface area (Å²) in [5, 5.41) is 18.8. The van der Waals surface area contributed by atoms with E-state index in [-0.39, 0.29) is 18.9 Å². The van der Waals surface area contributed by atoms with Gasteiger partial charge in [-0.3, -0.25) is 4.79 Å². The van der Waals surface area contributed by atoms with Gasteiger partial charge in [0.1, 0.15) is 6.04 Å². The maximum atomic E-state index is 12.5. The molecule has 1 saturated heterocycles. The molecule has 0 radical (unpaired) electrons. The van der Waals surface area contributed by atoms with Crippen LogP contribution < -0.4 is 0 Å². The Balaban J connectivity index is 1.84. The SMILES string of the molecule is O=C(O)[C@@H]1C[C@H](O)CN1C(=O)c1cc2c(s1)CCCC2. The third kappa shape index (κ3) is 2.33. The molecule has 108 valence electrons. The second-order valence-electron chi connectivity index (χ2n) is 5.47. The molecular weight excluding hydrogens is 278 g/mol. The lowest BCUT2D eigenvalue weighted by Gasteiger charge is -2.20. The van der Waals surface area contributed by atoms with Crippen LogP contribution in [0.2, 0.25) is 0 Å². The molecule has 0 bridgehead atoms. The number of amides is 1. The van der Waals surface area contributed by atoms with Crippen LogP contribution in [0.25, 0.3) is 0 Å². The Hall–Kier alpha value is -1.40. The van der Waals surface area contributed by atoms with Gasteiger partial charge in [0.05, 0.1) is 11.0 Å². The number of nitrogens with zero attached hydrogens (tertiary/aromatic N) is 1. The minimum atomic E-state index is -1.05. The number of carbonyl (C=O) groups excluding carboxylic acids is 1. The minimum Gasteiger partial charge on any atom is -0.480 e. The lowest BCUT2D eigenvalue weighted by molar-refractivity contribution is -0.141. The number of aliphatic hydroxyl groups excluding tert-OH is 1. The summed E-state index contributed by atoms with van der Waals surface area (Å²) in [6, 6.07) is 1.00. The van der Waals surface area contributed by atoms with E-state index >= 15 is 0 Å². The van der Waals surface area contributed by atoms with Crippen LogP contribution in [0.1, 0.15) is 39.4 Å². The van der Waals surface area contributed by atoms with E-state index in [1.807, 2.05) is 6.07 Å². The van der Waals surface area contributed by atoms with Crippen molar-refractivity contribution in [3.05, 3.63) is 21.4 Å². The molecule has 0 aromatic carbocycles. The van der Waals surface area contributed by atoms with Gasteiger partial charge < -0.3 is 15.1 Å². The summed E-state index contributed by atoms with van der Waals surface area (Å²) in [6.45, 7) is 0.109. The van der Waals surface area contributed by atoms with E-state index in [0.717, 1.165) is 25.7 Å². The molecule has 1 aromatic rings. The summed E-state index contributed by atoms with van der Waals surface area (Å²) < 4.78 is 0. The lowest BCUT2D eigenvalue weighted by Crippen LogP contribution is -2.40. The molecule has 2 heterocycles. The van der Waals surface area contributed by atoms with Crippen LogP contribution in [0.15, 0.2) is 6.07 Å². The van der Waals surface area contributed by atoms with Gasteiger partial charge in [0.2, 0.25) is 0 Å². The highest BCUT2D eigenvalue weighted by Crippen LogP contribution is 2.31. The second kappa shape index (κ2) is 5.18. The zero-order chi connectivity index (χ0) is 14.3. The number of carboxylic acid groups (broad SMARTS) is 1. The first-order valence-corrected chi connectivity index (χ1v) is 7.71. The van der Waals surface area contributed by atoms with Gasteiger partial charge in [0, 0.05) is 17.8 Å². The van der Waals surface area contributed by atoms with Crippen molar-refractivity contribution >= 4 is 23.2 Å². The Morgan fingerprint density at radius 1 is 1.30 bits per heavy atom. The van der Waals surface area contributed by atoms with Crippen LogP contribution in [0.3, 0.4) is 0 Å². The number of hydrogen-bond donors (Lipinski definition) is 2. The molecule has 6 heteroatoms. The fraction of sp³-hybridized carbons (Fsp3) is 0.571. The number of aliphatic hydroxyl groups is 1. The van der Waals surface area contributed by atoms with Crippen LogP contribution >= 0.6 is 11.3 Å². The van der Waals surface area contributed by atoms with Gasteiger partial charge in [0.25, 0.3) is 5.91 Å². The molecule has 0 unspecified atom stereocenters. The fourth-order valence-electron chi connectivity index (χ4n) is 3.01. The topological polar surface area (TPSA) is 77.8 Å². The summed E-state index contributed by atoms with van der Waals surface area (Å²) in [5.74, 6) is -1.30. The van der Waals surface area contributed by atoms with Gasteiger partial charge in [-0.15, -0.1) is 11.3 Å². The number of rotatable bonds is 2. The fourth-order valence-corrected chi connectivity index (χ4v) is 4.22. The smallest absolute Gasteiger partial charge is 0.326 e. The normalized spacial score (nSPS) is 25.6. The Morgan fingerprint density at radius 3 is 2.75 bits per heavy atom. The molecule has 1 aromatic heterocycles. The average molecular weight is 295 g/mol. The highest BCUT2D eigenvalue weighted by atomic mass is 32.1. The number of fused-ring (bicyclic) bond motifs is 1. The molecule has 20 heavy (non-hydrogen) atoms. The Morgan fingerprint density at radius 2 is 2.05 bits per heavy atom. The van der Waals surface area contributed by atoms with Crippen LogP contribution in [-0.4, -0.2) is 45.7 Å². The molecule has 2 atom stereocenters. The van der Waals surface area contributed by atoms with Crippen LogP contribution in [-0.2, 0) is 17.6 Å². The van der Waals surface area contributed by atoms with Crippen LogP contribution in [0.4, 0.5) is 0 Å². The number of β-amino-alcohol motifs (C(OH)–C–C–N with tert-alkyl or cyclic N) is 1. The first-order valence-electron chi connectivity index (χ1n) is 6.89. The van der Waals surface area contributed by atoms with Crippen molar-refractivity contribution in [3.8, 4) is 0 Å². The Bertz CT molecular complexity index is 530. The molecular formula is C14H17NO4S. The number of aliphatic carboxylic acids is 1. The zero-order valence-corrected chi connectivity index (χ0v) is 11.9. The minimum absolute atomic E-state index is 0.109. The van der Waals surface area contributed by atoms with E-state index in [1.54, 1.807) is 0 Å². The number of thiophene rings is 1. The second-order valence-corrected chi connectivity index (χ2v) is 6.60. The summed E-state index contributed by atoms with van der Waals surface area (Å²) in [7, 11) is 0. The van der Waals surface area contributed by atoms with Crippen molar-refractivity contribution < 1.29 is 19.8 Å². The number of likely N-dealkylation sites (tertiary alicyclic amines) is 1. The van der Waals surface area contributed by atoms with E-state index in [0.29, 0.717) is 4.88 Å². The van der Waals surface area contributed by atoms with Crippen molar-refractivity contribution in [2.24, 2.45) is 0 Å². The molecule has 2 N–H and O–H groups in total. The monoisotopic (exact) mass is 295 g/mol. The molecule has 1 aliphatic heterocycles. The van der Waals surface area contributed by atoms with E-state index in [2.05, 4.69) is 0 Å². The summed E-state index contributed by atoms with van der Waals surface area (Å²) in [6.07, 6.45) is 3.70. The number of aryl methyl sites for hydroxylation is 2. The van der Waals surface area contributed by atoms with Crippen molar-refractivity contribution in [3.63, 3.8) is 0 Å². The third-order valence-electron chi connectivity index (χ3n) is 4.03. The number of carbonyl (C=O) groups is 2. The number of hydrogen-bond acceptors (Lipinski definition) is 4. The Labute approximate surface area is 120 Å². The maximum absolute atomic E-state index is 12.5.